The van der Waals surface area contributed by atoms with Crippen LogP contribution in [0.5, 0.6) is 0 Å². The van der Waals surface area contributed by atoms with Gasteiger partial charge in [0.25, 0.3) is 0 Å². The Morgan fingerprint density at radius 1 is 0.608 bits per heavy atom. The number of aliphatic carboxylic acids is 1. The summed E-state index contributed by atoms with van der Waals surface area (Å²) < 4.78 is 54.4. The van der Waals surface area contributed by atoms with E-state index in [1.54, 1.807) is 26.0 Å². The lowest BCUT2D eigenvalue weighted by Gasteiger charge is -2.38. The van der Waals surface area contributed by atoms with Crippen LogP contribution in [0.4, 0.5) is 18.9 Å². The van der Waals surface area contributed by atoms with Gasteiger partial charge in [0.15, 0.2) is 6.10 Å². The van der Waals surface area contributed by atoms with Crippen molar-refractivity contribution in [2.24, 2.45) is 33.5 Å². The van der Waals surface area contributed by atoms with Crippen LogP contribution in [0, 0.1) is 33.5 Å². The van der Waals surface area contributed by atoms with E-state index in [0.29, 0.717) is 18.5 Å². The number of alkyl halides is 3. The molecule has 410 valence electrons. The number of amides is 2. The Hall–Kier alpha value is -5.53. The second kappa shape index (κ2) is 29.0. The molecule has 0 bridgehead atoms. The van der Waals surface area contributed by atoms with Crippen molar-refractivity contribution in [3.63, 3.8) is 0 Å². The maximum absolute atomic E-state index is 13.8. The molecule has 0 saturated carbocycles. The Labute approximate surface area is 438 Å². The summed E-state index contributed by atoms with van der Waals surface area (Å²) in [4.78, 5) is 79.5. The van der Waals surface area contributed by atoms with Crippen molar-refractivity contribution in [3.8, 4) is 0 Å². The Balaban J connectivity index is 0.000000390. The van der Waals surface area contributed by atoms with Crippen LogP contribution in [0.1, 0.15) is 183 Å². The van der Waals surface area contributed by atoms with Crippen molar-refractivity contribution in [3.05, 3.63) is 102 Å². The first kappa shape index (κ1) is 62.8. The lowest BCUT2D eigenvalue weighted by atomic mass is 9.66. The lowest BCUT2D eigenvalue weighted by molar-refractivity contribution is -0.222. The van der Waals surface area contributed by atoms with Gasteiger partial charge < -0.3 is 19.3 Å². The Kier molecular flexibility index (Phi) is 24.6. The number of rotatable bonds is 29. The lowest BCUT2D eigenvalue weighted by Crippen LogP contribution is -2.44. The normalized spacial score (nSPS) is 16.9. The first-order valence-electron chi connectivity index (χ1n) is 26.6. The number of para-hydroxylation sites is 1. The summed E-state index contributed by atoms with van der Waals surface area (Å²) in [6.45, 7) is 16.2. The number of imide groups is 1. The molecule has 0 aromatic heterocycles. The van der Waals surface area contributed by atoms with Crippen molar-refractivity contribution in [1.82, 2.24) is 0 Å². The number of benzene rings is 3. The highest BCUT2D eigenvalue weighted by Crippen LogP contribution is 2.46. The summed E-state index contributed by atoms with van der Waals surface area (Å²) in [6.07, 6.45) is 5.41. The summed E-state index contributed by atoms with van der Waals surface area (Å²) >= 11 is 0. The van der Waals surface area contributed by atoms with Crippen LogP contribution in [-0.4, -0.2) is 59.7 Å². The molecule has 11 nitrogen and oxygen atoms in total. The van der Waals surface area contributed by atoms with Crippen molar-refractivity contribution in [2.45, 2.75) is 190 Å². The van der Waals surface area contributed by atoms with E-state index in [1.165, 1.54) is 78.0 Å². The molecule has 5 atom stereocenters. The summed E-state index contributed by atoms with van der Waals surface area (Å²) in [5.74, 6) is -4.70. The molecule has 0 spiro atoms. The SMILES string of the molecule is CCC(CC1C(=O)N(c2ccccc2)C(=O)C1CC(C)(C)C(=O)OCc1ccccc1)c1ccccc1.CCCCCCCCCCCCOC(=O)C(C)(CC(C)(C)C(=O)O)CC(C)(C)C(=O)OC(C)C(F)(F)F. The number of hydrogen-bond donors (Lipinski definition) is 1. The molecule has 1 heterocycles. The first-order valence-corrected chi connectivity index (χ1v) is 26.6. The van der Waals surface area contributed by atoms with Crippen LogP contribution in [-0.2, 0) is 49.6 Å². The molecular weight excluding hydrogens is 952 g/mol. The predicted octanol–water partition coefficient (Wildman–Crippen LogP) is 14.4. The van der Waals surface area contributed by atoms with Gasteiger partial charge in [-0.2, -0.15) is 13.2 Å². The number of carboxylic acids is 1. The number of ether oxygens (including phenoxy) is 3. The third kappa shape index (κ3) is 19.3. The van der Waals surface area contributed by atoms with Crippen LogP contribution in [0.2, 0.25) is 0 Å². The fraction of sp³-hybridized carbons (Fsp3) is 0.600. The van der Waals surface area contributed by atoms with E-state index in [1.807, 2.05) is 66.7 Å². The van der Waals surface area contributed by atoms with Gasteiger partial charge in [-0.25, -0.2) is 0 Å². The highest BCUT2D eigenvalue weighted by atomic mass is 19.4. The molecule has 3 aromatic rings. The van der Waals surface area contributed by atoms with E-state index in [-0.39, 0.29) is 56.2 Å². The molecule has 1 saturated heterocycles. The molecule has 74 heavy (non-hydrogen) atoms. The molecule has 14 heteroatoms. The van der Waals surface area contributed by atoms with Crippen molar-refractivity contribution in [2.75, 3.05) is 11.5 Å². The quantitative estimate of drug-likeness (QED) is 0.0308. The third-order valence-electron chi connectivity index (χ3n) is 14.1. The highest BCUT2D eigenvalue weighted by Gasteiger charge is 2.52. The van der Waals surface area contributed by atoms with Gasteiger partial charge in [-0.3, -0.25) is 33.7 Å². The number of halogens is 3. The predicted molar refractivity (Wildman–Crippen MR) is 282 cm³/mol. The number of anilines is 1. The van der Waals surface area contributed by atoms with Gasteiger partial charge in [-0.1, -0.05) is 150 Å². The molecule has 1 aliphatic heterocycles. The third-order valence-corrected chi connectivity index (χ3v) is 14.1. The summed E-state index contributed by atoms with van der Waals surface area (Å²) in [7, 11) is 0. The average molecular weight is 1040 g/mol. The second-order valence-corrected chi connectivity index (χ2v) is 22.4. The molecule has 1 aliphatic rings. The minimum Gasteiger partial charge on any atom is -0.481 e. The van der Waals surface area contributed by atoms with Crippen LogP contribution in [0.3, 0.4) is 0 Å². The first-order chi connectivity index (χ1) is 34.7. The van der Waals surface area contributed by atoms with E-state index < -0.39 is 63.7 Å². The van der Waals surface area contributed by atoms with Gasteiger partial charge in [0, 0.05) is 0 Å². The largest absolute Gasteiger partial charge is 0.481 e. The van der Waals surface area contributed by atoms with Crippen molar-refractivity contribution in [1.29, 1.82) is 0 Å². The summed E-state index contributed by atoms with van der Waals surface area (Å²) in [5, 5.41) is 9.61. The fourth-order valence-corrected chi connectivity index (χ4v) is 9.85. The Bertz CT molecular complexity index is 2230. The van der Waals surface area contributed by atoms with Gasteiger partial charge >= 0.3 is 30.1 Å². The number of carboxylic acid groups (broad SMARTS) is 1. The zero-order chi connectivity index (χ0) is 55.3. The molecule has 1 fully saturated rings. The highest BCUT2D eigenvalue weighted by molar-refractivity contribution is 6.22. The van der Waals surface area contributed by atoms with Gasteiger partial charge in [-0.15, -0.1) is 0 Å². The fourth-order valence-electron chi connectivity index (χ4n) is 9.85. The zero-order valence-corrected chi connectivity index (χ0v) is 45.7. The topological polar surface area (TPSA) is 154 Å². The molecule has 0 aliphatic carbocycles. The molecule has 0 radical (unpaired) electrons. The smallest absolute Gasteiger partial charge is 0.425 e. The van der Waals surface area contributed by atoms with Gasteiger partial charge in [-0.05, 0) is 123 Å². The molecular formula is C60H84F3NO10. The maximum Gasteiger partial charge on any atom is 0.425 e. The number of carbonyl (C=O) groups excluding carboxylic acids is 5. The molecule has 5 unspecified atom stereocenters. The number of hydrogen-bond acceptors (Lipinski definition) is 9. The van der Waals surface area contributed by atoms with E-state index in [0.717, 1.165) is 43.7 Å². The van der Waals surface area contributed by atoms with E-state index in [9.17, 15) is 47.0 Å². The maximum atomic E-state index is 13.8. The standard InChI is InChI=1S/C32H35NO4.C28H49F3O6/c1-4-24(25-16-10-6-11-17-25)20-27-28(30(35)33(29(27)34)26-18-12-7-13-19-26)21-32(2,3)31(36)37-22-23-14-8-5-9-15-23;1-8-9-10-11-12-13-14-15-16-17-18-36-24(35)27(7,19-25(3,4)22(32)33)20-26(5,6)23(34)37-21(2)28(29,30)31/h5-19,24,27-28H,4,20-22H2,1-3H3;21H,8-20H2,1-7H3,(H,32,33). The minimum absolute atomic E-state index is 0.134. The van der Waals surface area contributed by atoms with E-state index in [2.05, 4.69) is 30.7 Å². The van der Waals surface area contributed by atoms with Crippen molar-refractivity contribution >= 4 is 41.4 Å². The Morgan fingerprint density at radius 3 is 1.61 bits per heavy atom. The molecule has 3 aromatic carbocycles. The molecule has 4 rings (SSSR count). The minimum atomic E-state index is -4.71. The Morgan fingerprint density at radius 2 is 1.09 bits per heavy atom. The van der Waals surface area contributed by atoms with Crippen LogP contribution in [0.25, 0.3) is 0 Å². The summed E-state index contributed by atoms with van der Waals surface area (Å²) in [6, 6.07) is 28.7. The van der Waals surface area contributed by atoms with E-state index in [4.69, 9.17) is 9.47 Å². The summed E-state index contributed by atoms with van der Waals surface area (Å²) in [5.41, 5.74) is -2.55. The number of carbonyl (C=O) groups is 6. The van der Waals surface area contributed by atoms with Crippen molar-refractivity contribution < 1.29 is 61.3 Å². The van der Waals surface area contributed by atoms with E-state index >= 15 is 0 Å². The number of unbranched alkanes of at least 4 members (excludes halogenated alkanes) is 9. The molecule has 2 amide bonds. The monoisotopic (exact) mass is 1040 g/mol. The zero-order valence-electron chi connectivity index (χ0n) is 45.7. The molecule has 1 N–H and O–H groups in total. The second-order valence-electron chi connectivity index (χ2n) is 22.4. The number of nitrogens with zero attached hydrogens (tertiary/aromatic N) is 1. The van der Waals surface area contributed by atoms with Gasteiger partial charge in [0.2, 0.25) is 11.8 Å². The average Bonchev–Trinajstić information content (AvgIpc) is 3.57. The van der Waals surface area contributed by atoms with Crippen LogP contribution < -0.4 is 4.90 Å². The van der Waals surface area contributed by atoms with Crippen LogP contribution >= 0.6 is 0 Å². The van der Waals surface area contributed by atoms with Gasteiger partial charge in [0.05, 0.1) is 45.8 Å². The van der Waals surface area contributed by atoms with Gasteiger partial charge in [0.1, 0.15) is 6.61 Å². The number of esters is 3. The van der Waals surface area contributed by atoms with Crippen LogP contribution in [0.15, 0.2) is 91.0 Å².